The minimum atomic E-state index is -4.84. The van der Waals surface area contributed by atoms with Crippen LogP contribution >= 0.6 is 0 Å². The number of carbonyl (C=O) groups is 1. The maximum absolute atomic E-state index is 12.7. The number of nitrogen functional groups attached to an aromatic ring is 1. The molecule has 7 heteroatoms. The van der Waals surface area contributed by atoms with Gasteiger partial charge < -0.3 is 0 Å². The van der Waals surface area contributed by atoms with Crippen LogP contribution in [-0.4, -0.2) is 5.91 Å². The van der Waals surface area contributed by atoms with Crippen molar-refractivity contribution in [2.75, 3.05) is 0 Å². The summed E-state index contributed by atoms with van der Waals surface area (Å²) >= 11 is 0. The highest BCUT2D eigenvalue weighted by atomic mass is 19.4. The van der Waals surface area contributed by atoms with Gasteiger partial charge in [-0.25, -0.2) is 10.2 Å². The molecule has 0 bridgehead atoms. The Balaban J connectivity index is 3.23. The Morgan fingerprint density at radius 3 is 2.40 bits per heavy atom. The number of hydrogen-bond acceptors (Lipinski definition) is 2. The largest absolute Gasteiger partial charge is 0.419 e. The van der Waals surface area contributed by atoms with Crippen molar-refractivity contribution >= 4 is 5.91 Å². The Labute approximate surface area is 81.8 Å². The summed E-state index contributed by atoms with van der Waals surface area (Å²) in [6.07, 6.45) is -4.84. The topological polar surface area (TPSA) is 55.1 Å². The van der Waals surface area contributed by atoms with Gasteiger partial charge in [-0.15, -0.1) is 0 Å². The van der Waals surface area contributed by atoms with Crippen molar-refractivity contribution in [2.24, 2.45) is 5.84 Å². The molecule has 0 fully saturated rings. The average molecular weight is 222 g/mol. The first-order valence-corrected chi connectivity index (χ1v) is 3.74. The second-order valence-corrected chi connectivity index (χ2v) is 2.67. The van der Waals surface area contributed by atoms with Crippen molar-refractivity contribution in [3.63, 3.8) is 0 Å². The number of hydrogen-bond donors (Lipinski definition) is 2. The van der Waals surface area contributed by atoms with E-state index in [9.17, 15) is 22.4 Å². The van der Waals surface area contributed by atoms with Gasteiger partial charge >= 0.3 is 6.18 Å². The Morgan fingerprint density at radius 2 is 1.93 bits per heavy atom. The molecule has 0 saturated carbocycles. The van der Waals surface area contributed by atoms with Crippen LogP contribution in [0.5, 0.6) is 0 Å². The molecule has 0 atom stereocenters. The van der Waals surface area contributed by atoms with Gasteiger partial charge in [0.25, 0.3) is 5.91 Å². The summed E-state index contributed by atoms with van der Waals surface area (Å²) in [6, 6.07) is 1.87. The lowest BCUT2D eigenvalue weighted by molar-refractivity contribution is -0.140. The van der Waals surface area contributed by atoms with Gasteiger partial charge in [0, 0.05) is 5.56 Å². The number of hydrazine groups is 1. The van der Waals surface area contributed by atoms with Crippen molar-refractivity contribution in [3.8, 4) is 0 Å². The van der Waals surface area contributed by atoms with E-state index < -0.39 is 23.5 Å². The average Bonchev–Trinajstić information content (AvgIpc) is 2.15. The highest BCUT2D eigenvalue weighted by molar-refractivity contribution is 5.93. The van der Waals surface area contributed by atoms with Gasteiger partial charge in [-0.1, -0.05) is 0 Å². The van der Waals surface area contributed by atoms with Gasteiger partial charge in [-0.05, 0) is 18.2 Å². The molecule has 1 amide bonds. The number of halogens is 4. The first-order valence-electron chi connectivity index (χ1n) is 3.74. The Hall–Kier alpha value is -1.63. The van der Waals surface area contributed by atoms with Gasteiger partial charge in [-0.2, -0.15) is 13.2 Å². The second-order valence-electron chi connectivity index (χ2n) is 2.67. The molecule has 1 rings (SSSR count). The highest BCUT2D eigenvalue weighted by Gasteiger charge is 2.34. The van der Waals surface area contributed by atoms with Crippen molar-refractivity contribution in [3.05, 3.63) is 35.1 Å². The smallest absolute Gasteiger partial charge is 0.290 e. The molecule has 1 aromatic carbocycles. The summed E-state index contributed by atoms with van der Waals surface area (Å²) in [5.74, 6) is 2.38. The monoisotopic (exact) mass is 222 g/mol. The number of benzene rings is 1. The molecule has 0 aromatic heterocycles. The van der Waals surface area contributed by atoms with Crippen molar-refractivity contribution in [2.45, 2.75) is 6.18 Å². The first kappa shape index (κ1) is 11.4. The molecule has 0 unspecified atom stereocenters. The summed E-state index contributed by atoms with van der Waals surface area (Å²) < 4.78 is 49.3. The number of alkyl halides is 3. The molecule has 0 spiro atoms. The maximum Gasteiger partial charge on any atom is 0.419 e. The fourth-order valence-electron chi connectivity index (χ4n) is 0.967. The van der Waals surface area contributed by atoms with E-state index >= 15 is 0 Å². The zero-order valence-electron chi connectivity index (χ0n) is 7.23. The lowest BCUT2D eigenvalue weighted by Crippen LogP contribution is -2.30. The van der Waals surface area contributed by atoms with Crippen molar-refractivity contribution < 1.29 is 22.4 Å². The predicted octanol–water partition coefficient (Wildman–Crippen LogP) is 1.45. The second kappa shape index (κ2) is 3.85. The van der Waals surface area contributed by atoms with Crippen LogP contribution < -0.4 is 11.3 Å². The van der Waals surface area contributed by atoms with E-state index in [2.05, 4.69) is 0 Å². The standard InChI is InChI=1S/C8H6F4N2O/c9-6-2-1-4(7(15)14-13)3-5(6)8(10,11)12/h1-3H,13H2,(H,14,15). The molecule has 0 radical (unpaired) electrons. The number of nitrogens with two attached hydrogens (primary N) is 1. The van der Waals surface area contributed by atoms with Gasteiger partial charge in [-0.3, -0.25) is 10.2 Å². The van der Waals surface area contributed by atoms with Crippen LogP contribution in [0.2, 0.25) is 0 Å². The number of nitrogens with one attached hydrogen (secondary N) is 1. The van der Waals surface area contributed by atoms with E-state index in [1.54, 1.807) is 5.43 Å². The summed E-state index contributed by atoms with van der Waals surface area (Å²) in [6.45, 7) is 0. The number of amides is 1. The van der Waals surface area contributed by atoms with Gasteiger partial charge in [0.05, 0.1) is 5.56 Å². The van der Waals surface area contributed by atoms with Crippen molar-refractivity contribution in [1.29, 1.82) is 0 Å². The zero-order valence-corrected chi connectivity index (χ0v) is 7.23. The molecule has 0 heterocycles. The number of carbonyl (C=O) groups excluding carboxylic acids is 1. The van der Waals surface area contributed by atoms with Crippen LogP contribution in [0.25, 0.3) is 0 Å². The molecule has 15 heavy (non-hydrogen) atoms. The fraction of sp³-hybridized carbons (Fsp3) is 0.125. The minimum Gasteiger partial charge on any atom is -0.290 e. The summed E-state index contributed by atoms with van der Waals surface area (Å²) in [7, 11) is 0. The Kier molecular flexibility index (Phi) is 2.94. The fourth-order valence-corrected chi connectivity index (χ4v) is 0.967. The molecule has 82 valence electrons. The Bertz CT molecular complexity index is 389. The summed E-state index contributed by atoms with van der Waals surface area (Å²) in [5, 5.41) is 0. The Morgan fingerprint density at radius 1 is 1.33 bits per heavy atom. The molecule has 1 aromatic rings. The molecule has 0 aliphatic heterocycles. The molecule has 0 aliphatic rings. The van der Waals surface area contributed by atoms with Crippen LogP contribution in [0.4, 0.5) is 17.6 Å². The highest BCUT2D eigenvalue weighted by Crippen LogP contribution is 2.31. The third kappa shape index (κ3) is 2.44. The summed E-state index contributed by atoms with van der Waals surface area (Å²) in [4.78, 5) is 10.9. The van der Waals surface area contributed by atoms with Crippen LogP contribution in [0, 0.1) is 5.82 Å². The van der Waals surface area contributed by atoms with Crippen LogP contribution in [0.3, 0.4) is 0 Å². The maximum atomic E-state index is 12.7. The zero-order chi connectivity index (χ0) is 11.6. The van der Waals surface area contributed by atoms with E-state index in [1.807, 2.05) is 0 Å². The van der Waals surface area contributed by atoms with Gasteiger partial charge in [0.2, 0.25) is 0 Å². The summed E-state index contributed by atoms with van der Waals surface area (Å²) in [5.41, 5.74) is -0.201. The molecular formula is C8H6F4N2O. The first-order chi connectivity index (χ1) is 6.86. The molecule has 0 saturated heterocycles. The van der Waals surface area contributed by atoms with Crippen LogP contribution in [-0.2, 0) is 6.18 Å². The van der Waals surface area contributed by atoms with Crippen LogP contribution in [0.15, 0.2) is 18.2 Å². The third-order valence-corrected chi connectivity index (χ3v) is 1.67. The lowest BCUT2D eigenvalue weighted by Gasteiger charge is -2.09. The normalized spacial score (nSPS) is 11.3. The van der Waals surface area contributed by atoms with E-state index in [0.717, 1.165) is 6.07 Å². The SMILES string of the molecule is NNC(=O)c1ccc(F)c(C(F)(F)F)c1. The van der Waals surface area contributed by atoms with E-state index in [1.165, 1.54) is 0 Å². The molecule has 3 nitrogen and oxygen atoms in total. The van der Waals surface area contributed by atoms with E-state index in [-0.39, 0.29) is 5.56 Å². The number of rotatable bonds is 1. The molecule has 0 aliphatic carbocycles. The van der Waals surface area contributed by atoms with Gasteiger partial charge in [0.1, 0.15) is 5.82 Å². The molecule has 3 N–H and O–H groups in total. The quantitative estimate of drug-likeness (QED) is 0.327. The predicted molar refractivity (Wildman–Crippen MR) is 43.1 cm³/mol. The lowest BCUT2D eigenvalue weighted by atomic mass is 10.1. The van der Waals surface area contributed by atoms with E-state index in [0.29, 0.717) is 12.1 Å². The van der Waals surface area contributed by atoms with Crippen LogP contribution in [0.1, 0.15) is 15.9 Å². The molecular weight excluding hydrogens is 216 g/mol. The van der Waals surface area contributed by atoms with E-state index in [4.69, 9.17) is 5.84 Å². The third-order valence-electron chi connectivity index (χ3n) is 1.67. The minimum absolute atomic E-state index is 0.355. The van der Waals surface area contributed by atoms with Crippen molar-refractivity contribution in [1.82, 2.24) is 5.43 Å². The van der Waals surface area contributed by atoms with Gasteiger partial charge in [0.15, 0.2) is 0 Å².